The van der Waals surface area contributed by atoms with E-state index in [1.54, 1.807) is 35.2 Å². The molecular formula is C21H25N3O6. The average molecular weight is 415 g/mol. The summed E-state index contributed by atoms with van der Waals surface area (Å²) in [5.41, 5.74) is 1.25. The summed E-state index contributed by atoms with van der Waals surface area (Å²) in [4.78, 5) is 27.7. The van der Waals surface area contributed by atoms with Crippen LogP contribution in [0, 0.1) is 10.1 Å². The number of nitrogens with zero attached hydrogens (tertiary/aromatic N) is 3. The summed E-state index contributed by atoms with van der Waals surface area (Å²) in [6.45, 7) is 2.78. The molecule has 0 N–H and O–H groups in total. The van der Waals surface area contributed by atoms with Crippen molar-refractivity contribution in [3.63, 3.8) is 0 Å². The Balaban J connectivity index is 1.68. The standard InChI is InChI=1S/C21H25N3O6/c1-28-18-12-16(13-19(29-2)20(18)30-3)21(25)23-10-8-22(9-11-23)14-15-6-4-5-7-17(15)24(26)27/h4-7,12-13H,8-11,14H2,1-3H3. The van der Waals surface area contributed by atoms with Crippen LogP contribution in [0.5, 0.6) is 17.2 Å². The van der Waals surface area contributed by atoms with E-state index in [1.165, 1.54) is 27.4 Å². The number of methoxy groups -OCH3 is 3. The van der Waals surface area contributed by atoms with Gasteiger partial charge in [0.1, 0.15) is 0 Å². The maximum Gasteiger partial charge on any atom is 0.273 e. The van der Waals surface area contributed by atoms with Crippen molar-refractivity contribution in [2.75, 3.05) is 47.5 Å². The van der Waals surface area contributed by atoms with E-state index in [1.807, 2.05) is 0 Å². The molecule has 30 heavy (non-hydrogen) atoms. The second kappa shape index (κ2) is 9.45. The van der Waals surface area contributed by atoms with Crippen molar-refractivity contribution < 1.29 is 23.9 Å². The molecule has 1 amide bonds. The highest BCUT2D eigenvalue weighted by Gasteiger charge is 2.26. The summed E-state index contributed by atoms with van der Waals surface area (Å²) in [7, 11) is 4.53. The lowest BCUT2D eigenvalue weighted by Gasteiger charge is -2.34. The maximum absolute atomic E-state index is 13.0. The second-order valence-electron chi connectivity index (χ2n) is 6.87. The molecule has 1 saturated heterocycles. The van der Waals surface area contributed by atoms with E-state index in [2.05, 4.69) is 4.90 Å². The zero-order chi connectivity index (χ0) is 21.7. The molecule has 0 saturated carbocycles. The zero-order valence-corrected chi connectivity index (χ0v) is 17.3. The molecule has 9 nitrogen and oxygen atoms in total. The molecule has 3 rings (SSSR count). The number of rotatable bonds is 7. The van der Waals surface area contributed by atoms with E-state index < -0.39 is 0 Å². The minimum absolute atomic E-state index is 0.119. The van der Waals surface area contributed by atoms with Crippen LogP contribution in [0.15, 0.2) is 36.4 Å². The third-order valence-electron chi connectivity index (χ3n) is 5.15. The molecule has 2 aromatic carbocycles. The van der Waals surface area contributed by atoms with Gasteiger partial charge in [0, 0.05) is 49.9 Å². The summed E-state index contributed by atoms with van der Waals surface area (Å²) in [6.07, 6.45) is 0. The molecule has 1 fully saturated rings. The molecule has 0 aliphatic carbocycles. The van der Waals surface area contributed by atoms with Gasteiger partial charge >= 0.3 is 0 Å². The van der Waals surface area contributed by atoms with Crippen LogP contribution in [-0.4, -0.2) is 68.1 Å². The molecule has 0 atom stereocenters. The molecule has 1 heterocycles. The molecule has 0 bridgehead atoms. The second-order valence-corrected chi connectivity index (χ2v) is 6.87. The number of ether oxygens (including phenoxy) is 3. The molecule has 2 aromatic rings. The molecule has 0 aromatic heterocycles. The zero-order valence-electron chi connectivity index (χ0n) is 17.3. The molecule has 9 heteroatoms. The van der Waals surface area contributed by atoms with Crippen LogP contribution < -0.4 is 14.2 Å². The quantitative estimate of drug-likeness (QED) is 0.507. The number of carbonyl (C=O) groups excluding carboxylic acids is 1. The van der Waals surface area contributed by atoms with E-state index in [4.69, 9.17) is 14.2 Å². The first kappa shape index (κ1) is 21.4. The van der Waals surface area contributed by atoms with Crippen molar-refractivity contribution in [2.24, 2.45) is 0 Å². The first-order valence-electron chi connectivity index (χ1n) is 9.52. The largest absolute Gasteiger partial charge is 0.493 e. The van der Waals surface area contributed by atoms with Crippen molar-refractivity contribution in [3.8, 4) is 17.2 Å². The van der Waals surface area contributed by atoms with Gasteiger partial charge in [-0.05, 0) is 12.1 Å². The highest BCUT2D eigenvalue weighted by molar-refractivity contribution is 5.95. The molecular weight excluding hydrogens is 390 g/mol. The fourth-order valence-corrected chi connectivity index (χ4v) is 3.56. The lowest BCUT2D eigenvalue weighted by molar-refractivity contribution is -0.385. The normalized spacial score (nSPS) is 14.3. The molecule has 1 aliphatic heterocycles. The highest BCUT2D eigenvalue weighted by atomic mass is 16.6. The molecule has 1 aliphatic rings. The molecule has 0 unspecified atom stereocenters. The topological polar surface area (TPSA) is 94.4 Å². The summed E-state index contributed by atoms with van der Waals surface area (Å²) < 4.78 is 16.0. The van der Waals surface area contributed by atoms with E-state index in [0.717, 1.165) is 0 Å². The van der Waals surface area contributed by atoms with Gasteiger partial charge in [-0.3, -0.25) is 19.8 Å². The van der Waals surface area contributed by atoms with Gasteiger partial charge in [0.25, 0.3) is 11.6 Å². The van der Waals surface area contributed by atoms with Crippen LogP contribution in [0.25, 0.3) is 0 Å². The van der Waals surface area contributed by atoms with Crippen molar-refractivity contribution in [1.29, 1.82) is 0 Å². The van der Waals surface area contributed by atoms with Crippen molar-refractivity contribution >= 4 is 11.6 Å². The van der Waals surface area contributed by atoms with Crippen LogP contribution >= 0.6 is 0 Å². The lowest BCUT2D eigenvalue weighted by Crippen LogP contribution is -2.48. The van der Waals surface area contributed by atoms with E-state index in [0.29, 0.717) is 61.1 Å². The fraction of sp³-hybridized carbons (Fsp3) is 0.381. The Morgan fingerprint density at radius 2 is 1.60 bits per heavy atom. The minimum Gasteiger partial charge on any atom is -0.493 e. The van der Waals surface area contributed by atoms with Crippen molar-refractivity contribution in [2.45, 2.75) is 6.54 Å². The van der Waals surface area contributed by atoms with Gasteiger partial charge in [-0.1, -0.05) is 18.2 Å². The molecule has 0 radical (unpaired) electrons. The minimum atomic E-state index is -0.362. The SMILES string of the molecule is COc1cc(C(=O)N2CCN(Cc3ccccc3[N+](=O)[O-])CC2)cc(OC)c1OC. The first-order chi connectivity index (χ1) is 14.5. The molecule has 160 valence electrons. The predicted molar refractivity (Wildman–Crippen MR) is 110 cm³/mol. The Labute approximate surface area is 174 Å². The Morgan fingerprint density at radius 1 is 1.00 bits per heavy atom. The Morgan fingerprint density at radius 3 is 2.13 bits per heavy atom. The first-order valence-corrected chi connectivity index (χ1v) is 9.52. The average Bonchev–Trinajstić information content (AvgIpc) is 2.78. The maximum atomic E-state index is 13.0. The van der Waals surface area contributed by atoms with E-state index in [-0.39, 0.29) is 16.5 Å². The number of carbonyl (C=O) groups is 1. The Kier molecular flexibility index (Phi) is 6.73. The highest BCUT2D eigenvalue weighted by Crippen LogP contribution is 2.38. The van der Waals surface area contributed by atoms with Crippen LogP contribution in [0.1, 0.15) is 15.9 Å². The monoisotopic (exact) mass is 415 g/mol. The summed E-state index contributed by atoms with van der Waals surface area (Å²) in [5.74, 6) is 1.16. The Hall–Kier alpha value is -3.33. The van der Waals surface area contributed by atoms with Crippen LogP contribution in [0.4, 0.5) is 5.69 Å². The molecule has 0 spiro atoms. The van der Waals surface area contributed by atoms with Crippen molar-refractivity contribution in [3.05, 3.63) is 57.6 Å². The van der Waals surface area contributed by atoms with Gasteiger partial charge < -0.3 is 19.1 Å². The van der Waals surface area contributed by atoms with Gasteiger partial charge in [0.15, 0.2) is 11.5 Å². The number of piperazine rings is 1. The number of hydrogen-bond acceptors (Lipinski definition) is 7. The summed E-state index contributed by atoms with van der Waals surface area (Å²) in [6, 6.07) is 10.0. The van der Waals surface area contributed by atoms with E-state index in [9.17, 15) is 14.9 Å². The fourth-order valence-electron chi connectivity index (χ4n) is 3.56. The van der Waals surface area contributed by atoms with Gasteiger partial charge in [-0.2, -0.15) is 0 Å². The van der Waals surface area contributed by atoms with E-state index >= 15 is 0 Å². The van der Waals surface area contributed by atoms with Crippen molar-refractivity contribution in [1.82, 2.24) is 9.80 Å². The van der Waals surface area contributed by atoms with Crippen LogP contribution in [0.2, 0.25) is 0 Å². The van der Waals surface area contributed by atoms with Gasteiger partial charge in [0.05, 0.1) is 26.3 Å². The third-order valence-corrected chi connectivity index (χ3v) is 5.15. The number of nitro groups is 1. The van der Waals surface area contributed by atoms with Gasteiger partial charge in [0.2, 0.25) is 5.75 Å². The predicted octanol–water partition coefficient (Wildman–Crippen LogP) is 2.58. The van der Waals surface area contributed by atoms with Crippen LogP contribution in [0.3, 0.4) is 0 Å². The van der Waals surface area contributed by atoms with Gasteiger partial charge in [-0.15, -0.1) is 0 Å². The third kappa shape index (κ3) is 4.46. The Bertz CT molecular complexity index is 900. The number of amides is 1. The van der Waals surface area contributed by atoms with Gasteiger partial charge in [-0.25, -0.2) is 0 Å². The summed E-state index contributed by atoms with van der Waals surface area (Å²) in [5, 5.41) is 11.2. The van der Waals surface area contributed by atoms with Crippen LogP contribution in [-0.2, 0) is 6.54 Å². The smallest absolute Gasteiger partial charge is 0.273 e. The number of nitro benzene ring substituents is 1. The summed E-state index contributed by atoms with van der Waals surface area (Å²) >= 11 is 0. The number of hydrogen-bond donors (Lipinski definition) is 0. The number of para-hydroxylation sites is 1. The number of benzene rings is 2. The lowest BCUT2D eigenvalue weighted by atomic mass is 10.1.